The number of rotatable bonds is 4. The van der Waals surface area contributed by atoms with Crippen LogP contribution in [0.3, 0.4) is 0 Å². The number of carbonyl (C=O) groups excluding carboxylic acids is 1. The molecular formula is C17H20N2O6. The highest BCUT2D eigenvalue weighted by atomic mass is 16.7. The molecule has 0 saturated heterocycles. The number of aromatic hydroxyl groups is 3. The molecule has 0 amide bonds. The largest absolute Gasteiger partial charge is 0.506 e. The maximum Gasteiger partial charge on any atom is 0.336 e. The van der Waals surface area contributed by atoms with E-state index in [4.69, 9.17) is 4.84 Å². The minimum Gasteiger partial charge on any atom is -0.506 e. The van der Waals surface area contributed by atoms with E-state index < -0.39 is 5.97 Å². The molecule has 0 spiro atoms. The molecule has 0 aromatic carbocycles. The summed E-state index contributed by atoms with van der Waals surface area (Å²) >= 11 is 0. The van der Waals surface area contributed by atoms with Crippen molar-refractivity contribution in [3.8, 4) is 17.5 Å². The molecule has 0 atom stereocenters. The first-order valence-corrected chi connectivity index (χ1v) is 8.15. The first-order valence-electron chi connectivity index (χ1n) is 8.15. The summed E-state index contributed by atoms with van der Waals surface area (Å²) < 4.78 is 2.18. The van der Waals surface area contributed by atoms with Crippen LogP contribution in [0, 0.1) is 11.8 Å². The molecule has 134 valence electrons. The standard InChI is InChI=1S/C17H20N2O6/c20-13-5-6-14(21)18(10-13)9-11-1-3-12(4-2-11)17(24)25-19-15(22)7-8-16(19)23/h5-8,10-12,20,22-23H,1-4,9H2. The van der Waals surface area contributed by atoms with Crippen LogP contribution >= 0.6 is 0 Å². The SMILES string of the molecule is O=C(On1c(O)ccc1O)C1CCC(Cn2cc(O)ccc2=O)CC1. The Kier molecular flexibility index (Phi) is 4.69. The van der Waals surface area contributed by atoms with Crippen molar-refractivity contribution in [3.63, 3.8) is 0 Å². The molecule has 1 aliphatic rings. The molecule has 8 nitrogen and oxygen atoms in total. The van der Waals surface area contributed by atoms with E-state index in [1.165, 1.54) is 35.0 Å². The van der Waals surface area contributed by atoms with Crippen molar-refractivity contribution in [1.29, 1.82) is 0 Å². The molecule has 0 bridgehead atoms. The smallest absolute Gasteiger partial charge is 0.336 e. The quantitative estimate of drug-likeness (QED) is 0.766. The van der Waals surface area contributed by atoms with E-state index in [9.17, 15) is 24.9 Å². The summed E-state index contributed by atoms with van der Waals surface area (Å²) in [5.41, 5.74) is -0.169. The van der Waals surface area contributed by atoms with Gasteiger partial charge in [-0.1, -0.05) is 0 Å². The number of hydrogen-bond donors (Lipinski definition) is 3. The lowest BCUT2D eigenvalue weighted by atomic mass is 9.82. The van der Waals surface area contributed by atoms with Crippen LogP contribution in [-0.2, 0) is 11.3 Å². The fourth-order valence-electron chi connectivity index (χ4n) is 3.18. The van der Waals surface area contributed by atoms with Gasteiger partial charge in [0.05, 0.1) is 5.92 Å². The molecule has 0 unspecified atom stereocenters. The molecule has 1 saturated carbocycles. The molecule has 2 aromatic rings. The monoisotopic (exact) mass is 348 g/mol. The number of pyridine rings is 1. The van der Waals surface area contributed by atoms with Crippen molar-refractivity contribution >= 4 is 5.97 Å². The van der Waals surface area contributed by atoms with Crippen LogP contribution in [0.5, 0.6) is 17.5 Å². The Morgan fingerprint density at radius 3 is 2.32 bits per heavy atom. The third-order valence-electron chi connectivity index (χ3n) is 4.58. The Morgan fingerprint density at radius 2 is 1.68 bits per heavy atom. The van der Waals surface area contributed by atoms with E-state index >= 15 is 0 Å². The van der Waals surface area contributed by atoms with E-state index in [0.717, 1.165) is 12.8 Å². The fraction of sp³-hybridized carbons (Fsp3) is 0.412. The number of hydrogen-bond acceptors (Lipinski definition) is 6. The fourth-order valence-corrected chi connectivity index (χ4v) is 3.18. The minimum absolute atomic E-state index is 0.0446. The zero-order valence-electron chi connectivity index (χ0n) is 13.5. The van der Waals surface area contributed by atoms with Gasteiger partial charge in [0.1, 0.15) is 5.75 Å². The topological polar surface area (TPSA) is 114 Å². The van der Waals surface area contributed by atoms with Gasteiger partial charge in [-0.3, -0.25) is 4.79 Å². The lowest BCUT2D eigenvalue weighted by Gasteiger charge is -2.27. The van der Waals surface area contributed by atoms with Crippen molar-refractivity contribution in [2.24, 2.45) is 11.8 Å². The van der Waals surface area contributed by atoms with E-state index in [0.29, 0.717) is 24.1 Å². The number of nitrogens with zero attached hydrogens (tertiary/aromatic N) is 2. The summed E-state index contributed by atoms with van der Waals surface area (Å²) in [7, 11) is 0. The first-order chi connectivity index (χ1) is 11.9. The molecule has 3 N–H and O–H groups in total. The normalized spacial score (nSPS) is 20.3. The Morgan fingerprint density at radius 1 is 1.04 bits per heavy atom. The number of carbonyl (C=O) groups is 1. The maximum absolute atomic E-state index is 12.2. The number of aromatic nitrogens is 2. The van der Waals surface area contributed by atoms with Gasteiger partial charge in [-0.25, -0.2) is 4.79 Å². The molecule has 1 fully saturated rings. The Bertz CT molecular complexity index is 797. The molecular weight excluding hydrogens is 328 g/mol. The van der Waals surface area contributed by atoms with Gasteiger partial charge in [-0.2, -0.15) is 0 Å². The zero-order valence-corrected chi connectivity index (χ0v) is 13.5. The van der Waals surface area contributed by atoms with Gasteiger partial charge >= 0.3 is 5.97 Å². The van der Waals surface area contributed by atoms with Crippen molar-refractivity contribution in [3.05, 3.63) is 40.8 Å². The average Bonchev–Trinajstić information content (AvgIpc) is 2.91. The van der Waals surface area contributed by atoms with Crippen molar-refractivity contribution < 1.29 is 25.0 Å². The second kappa shape index (κ2) is 6.92. The van der Waals surface area contributed by atoms with Crippen LogP contribution in [0.15, 0.2) is 35.3 Å². The molecule has 25 heavy (non-hydrogen) atoms. The van der Waals surface area contributed by atoms with Crippen LogP contribution in [0.4, 0.5) is 0 Å². The van der Waals surface area contributed by atoms with E-state index in [1.807, 2.05) is 0 Å². The lowest BCUT2D eigenvalue weighted by Crippen LogP contribution is -2.31. The molecule has 3 rings (SSSR count). The Hall–Kier alpha value is -2.90. The summed E-state index contributed by atoms with van der Waals surface area (Å²) in [6, 6.07) is 5.14. The maximum atomic E-state index is 12.2. The van der Waals surface area contributed by atoms with Crippen LogP contribution in [0.1, 0.15) is 25.7 Å². The summed E-state index contributed by atoms with van der Waals surface area (Å²) in [6.45, 7) is 0.494. The van der Waals surface area contributed by atoms with Gasteiger partial charge in [0.15, 0.2) is 0 Å². The molecule has 2 aromatic heterocycles. The highest BCUT2D eigenvalue weighted by Crippen LogP contribution is 2.31. The highest BCUT2D eigenvalue weighted by molar-refractivity contribution is 5.73. The van der Waals surface area contributed by atoms with Gasteiger partial charge in [-0.05, 0) is 37.7 Å². The molecule has 1 aliphatic carbocycles. The van der Waals surface area contributed by atoms with Gasteiger partial charge < -0.3 is 24.7 Å². The van der Waals surface area contributed by atoms with Gasteiger partial charge in [0, 0.05) is 30.9 Å². The summed E-state index contributed by atoms with van der Waals surface area (Å²) in [5.74, 6) is -1.24. The second-order valence-electron chi connectivity index (χ2n) is 6.35. The summed E-state index contributed by atoms with van der Waals surface area (Å²) in [5, 5.41) is 28.5. The molecule has 0 radical (unpaired) electrons. The highest BCUT2D eigenvalue weighted by Gasteiger charge is 2.29. The van der Waals surface area contributed by atoms with Crippen molar-refractivity contribution in [2.75, 3.05) is 0 Å². The predicted molar refractivity (Wildman–Crippen MR) is 87.2 cm³/mol. The van der Waals surface area contributed by atoms with E-state index in [-0.39, 0.29) is 34.9 Å². The van der Waals surface area contributed by atoms with Crippen LogP contribution in [0.2, 0.25) is 0 Å². The molecule has 8 heteroatoms. The van der Waals surface area contributed by atoms with Crippen LogP contribution in [-0.4, -0.2) is 30.6 Å². The zero-order chi connectivity index (χ0) is 18.0. The van der Waals surface area contributed by atoms with E-state index in [1.54, 1.807) is 0 Å². The lowest BCUT2D eigenvalue weighted by molar-refractivity contribution is -0.151. The minimum atomic E-state index is -0.505. The third kappa shape index (κ3) is 3.78. The van der Waals surface area contributed by atoms with Gasteiger partial charge in [-0.15, -0.1) is 4.73 Å². The van der Waals surface area contributed by atoms with Gasteiger partial charge in [0.2, 0.25) is 11.8 Å². The second-order valence-corrected chi connectivity index (χ2v) is 6.35. The Balaban J connectivity index is 1.55. The van der Waals surface area contributed by atoms with Crippen LogP contribution < -0.4 is 10.4 Å². The van der Waals surface area contributed by atoms with Crippen molar-refractivity contribution in [2.45, 2.75) is 32.2 Å². The van der Waals surface area contributed by atoms with Gasteiger partial charge in [0.25, 0.3) is 5.56 Å². The molecule has 0 aliphatic heterocycles. The third-order valence-corrected chi connectivity index (χ3v) is 4.58. The Labute approximate surface area is 143 Å². The molecule has 2 heterocycles. The average molecular weight is 348 g/mol. The summed E-state index contributed by atoms with van der Waals surface area (Å²) in [4.78, 5) is 29.0. The first kappa shape index (κ1) is 16.9. The van der Waals surface area contributed by atoms with Crippen LogP contribution in [0.25, 0.3) is 0 Å². The van der Waals surface area contributed by atoms with Crippen molar-refractivity contribution in [1.82, 2.24) is 9.30 Å². The summed E-state index contributed by atoms with van der Waals surface area (Å²) in [6.07, 6.45) is 4.09. The van der Waals surface area contributed by atoms with E-state index in [2.05, 4.69) is 0 Å². The predicted octanol–water partition coefficient (Wildman–Crippen LogP) is 1.23.